The third kappa shape index (κ3) is 5.95. The fourth-order valence-electron chi connectivity index (χ4n) is 0.215. The molecule has 4 N–H and O–H groups in total. The van der Waals surface area contributed by atoms with E-state index >= 15 is 0 Å². The van der Waals surface area contributed by atoms with Gasteiger partial charge in [-0.3, -0.25) is 0 Å². The van der Waals surface area contributed by atoms with E-state index in [1.54, 1.807) is 18.7 Å². The molecule has 0 radical (unpaired) electrons. The number of nitrogens with one attached hydrogen (secondary N) is 1. The van der Waals surface area contributed by atoms with Crippen LogP contribution in [0.2, 0.25) is 0 Å². The molecule has 1 atom stereocenters. The zero-order chi connectivity index (χ0) is 3.54. The number of imidazole rings is 1. The molecule has 0 fully saturated rings. The molecule has 1 unspecified atom stereocenters. The molecular weight excluding hydrogens is 141 g/mol. The SMILES string of the molecule is N.P.S.c1c[nH]cn1. The second kappa shape index (κ2) is 10.0. The van der Waals surface area contributed by atoms with Crippen LogP contribution in [0.4, 0.5) is 0 Å². The van der Waals surface area contributed by atoms with Crippen molar-refractivity contribution in [2.24, 2.45) is 0 Å². The molecule has 3 nitrogen and oxygen atoms in total. The molecule has 0 spiro atoms. The summed E-state index contributed by atoms with van der Waals surface area (Å²) in [7, 11) is 0. The predicted octanol–water partition coefficient (Wildman–Crippen LogP) is 0.743. The third-order valence-electron chi connectivity index (χ3n) is 0.406. The Hall–Kier alpha value is -0.0500. The quantitative estimate of drug-likeness (QED) is 0.540. The number of aromatic nitrogens is 2. The number of rotatable bonds is 0. The van der Waals surface area contributed by atoms with Gasteiger partial charge in [-0.2, -0.15) is 23.4 Å². The van der Waals surface area contributed by atoms with E-state index in [-0.39, 0.29) is 29.5 Å². The van der Waals surface area contributed by atoms with Crippen molar-refractivity contribution in [2.75, 3.05) is 0 Å². The molecule has 50 valence electrons. The van der Waals surface area contributed by atoms with Gasteiger partial charge in [0.2, 0.25) is 0 Å². The smallest absolute Gasteiger partial charge is 0.0919 e. The Bertz CT molecular complexity index is 71.0. The molecule has 1 heterocycles. The molecule has 0 aliphatic rings. The first-order valence-electron chi connectivity index (χ1n) is 1.43. The molecule has 0 aliphatic heterocycles. The van der Waals surface area contributed by atoms with Crippen LogP contribution in [-0.4, -0.2) is 9.97 Å². The van der Waals surface area contributed by atoms with Crippen molar-refractivity contribution < 1.29 is 0 Å². The summed E-state index contributed by atoms with van der Waals surface area (Å²) in [5, 5.41) is 0. The van der Waals surface area contributed by atoms with E-state index in [4.69, 9.17) is 0 Å². The molecule has 0 bridgehead atoms. The van der Waals surface area contributed by atoms with E-state index in [0.717, 1.165) is 0 Å². The molecule has 0 aliphatic carbocycles. The largest absolute Gasteiger partial charge is 0.351 e. The van der Waals surface area contributed by atoms with Gasteiger partial charge >= 0.3 is 0 Å². The van der Waals surface area contributed by atoms with Gasteiger partial charge < -0.3 is 11.1 Å². The zero-order valence-corrected chi connectivity index (χ0v) is 7.01. The maximum atomic E-state index is 3.67. The van der Waals surface area contributed by atoms with Crippen LogP contribution in [0.25, 0.3) is 0 Å². The fourth-order valence-corrected chi connectivity index (χ4v) is 0.215. The van der Waals surface area contributed by atoms with Crippen molar-refractivity contribution in [1.29, 1.82) is 0 Å². The second-order valence-corrected chi connectivity index (χ2v) is 0.761. The molecule has 8 heavy (non-hydrogen) atoms. The Morgan fingerprint density at radius 2 is 2.00 bits per heavy atom. The number of hydrogen-bond donors (Lipinski definition) is 2. The lowest BCUT2D eigenvalue weighted by molar-refractivity contribution is 1.31. The molecule has 0 amide bonds. The highest BCUT2D eigenvalue weighted by Gasteiger charge is 1.56. The molecule has 1 aromatic heterocycles. The first-order chi connectivity index (χ1) is 2.50. The summed E-state index contributed by atoms with van der Waals surface area (Å²) in [6.07, 6.45) is 5.08. The van der Waals surface area contributed by atoms with Gasteiger partial charge in [-0.05, 0) is 0 Å². The minimum atomic E-state index is 0. The summed E-state index contributed by atoms with van der Waals surface area (Å²) in [6.45, 7) is 0. The Kier molecular flexibility index (Phi) is 19.7. The fraction of sp³-hybridized carbons (Fsp3) is 0. The molecule has 0 saturated heterocycles. The van der Waals surface area contributed by atoms with Gasteiger partial charge in [0.25, 0.3) is 0 Å². The molecule has 1 aromatic rings. The van der Waals surface area contributed by atoms with Crippen LogP contribution in [0.1, 0.15) is 0 Å². The molecule has 0 aromatic carbocycles. The number of H-pyrrole nitrogens is 1. The highest BCUT2D eigenvalue weighted by atomic mass is 32.1. The van der Waals surface area contributed by atoms with E-state index in [9.17, 15) is 0 Å². The van der Waals surface area contributed by atoms with E-state index in [1.165, 1.54) is 0 Å². The lowest BCUT2D eigenvalue weighted by atomic mass is 11.0. The Morgan fingerprint density at radius 3 is 2.12 bits per heavy atom. The minimum absolute atomic E-state index is 0. The van der Waals surface area contributed by atoms with Crippen LogP contribution < -0.4 is 6.15 Å². The second-order valence-electron chi connectivity index (χ2n) is 0.761. The third-order valence-corrected chi connectivity index (χ3v) is 0.406. The Morgan fingerprint density at radius 1 is 1.38 bits per heavy atom. The maximum Gasteiger partial charge on any atom is 0.0919 e. The normalized spacial score (nSPS) is 5.00. The predicted molar refractivity (Wildman–Crippen MR) is 45.1 cm³/mol. The van der Waals surface area contributed by atoms with Gasteiger partial charge in [-0.1, -0.05) is 0 Å². The van der Waals surface area contributed by atoms with E-state index < -0.39 is 0 Å². The molecular formula is C3H12N3PS. The lowest BCUT2D eigenvalue weighted by Gasteiger charge is -1.46. The molecule has 5 heteroatoms. The number of nitrogens with zero attached hydrogens (tertiary/aromatic N) is 1. The van der Waals surface area contributed by atoms with Gasteiger partial charge in [-0.25, -0.2) is 4.98 Å². The molecule has 0 saturated carbocycles. The highest BCUT2D eigenvalue weighted by molar-refractivity contribution is 7.59. The lowest BCUT2D eigenvalue weighted by Crippen LogP contribution is -1.44. The van der Waals surface area contributed by atoms with Crippen LogP contribution in [-0.2, 0) is 0 Å². The van der Waals surface area contributed by atoms with Crippen LogP contribution >= 0.6 is 23.4 Å². The average Bonchev–Trinajstić information content (AvgIpc) is 1.76. The van der Waals surface area contributed by atoms with Crippen molar-refractivity contribution in [3.05, 3.63) is 18.7 Å². The summed E-state index contributed by atoms with van der Waals surface area (Å²) < 4.78 is 0. The van der Waals surface area contributed by atoms with Gasteiger partial charge in [0.05, 0.1) is 6.33 Å². The van der Waals surface area contributed by atoms with Gasteiger partial charge in [0, 0.05) is 12.4 Å². The van der Waals surface area contributed by atoms with E-state index in [1.807, 2.05) is 0 Å². The van der Waals surface area contributed by atoms with Gasteiger partial charge in [0.15, 0.2) is 0 Å². The van der Waals surface area contributed by atoms with Crippen LogP contribution in [0.3, 0.4) is 0 Å². The average molecular weight is 153 g/mol. The van der Waals surface area contributed by atoms with Gasteiger partial charge in [0.1, 0.15) is 0 Å². The van der Waals surface area contributed by atoms with Crippen molar-refractivity contribution in [3.63, 3.8) is 0 Å². The monoisotopic (exact) mass is 153 g/mol. The van der Waals surface area contributed by atoms with E-state index in [2.05, 4.69) is 9.97 Å². The first kappa shape index (κ1) is 15.7. The summed E-state index contributed by atoms with van der Waals surface area (Å²) in [4.78, 5) is 6.42. The van der Waals surface area contributed by atoms with E-state index in [0.29, 0.717) is 0 Å². The summed E-state index contributed by atoms with van der Waals surface area (Å²) in [5.74, 6) is 0. The minimum Gasteiger partial charge on any atom is -0.351 e. The summed E-state index contributed by atoms with van der Waals surface area (Å²) >= 11 is 0. The van der Waals surface area contributed by atoms with Crippen molar-refractivity contribution in [1.82, 2.24) is 16.1 Å². The van der Waals surface area contributed by atoms with Crippen molar-refractivity contribution in [2.45, 2.75) is 0 Å². The Labute approximate surface area is 58.9 Å². The van der Waals surface area contributed by atoms with Crippen LogP contribution in [0.5, 0.6) is 0 Å². The summed E-state index contributed by atoms with van der Waals surface area (Å²) in [6, 6.07) is 0. The Balaban J connectivity index is -0.0000000833. The first-order valence-corrected chi connectivity index (χ1v) is 1.43. The van der Waals surface area contributed by atoms with Crippen molar-refractivity contribution >= 4 is 23.4 Å². The number of aromatic amines is 1. The highest BCUT2D eigenvalue weighted by Crippen LogP contribution is 1.62. The maximum absolute atomic E-state index is 3.67. The van der Waals surface area contributed by atoms with Crippen LogP contribution in [0.15, 0.2) is 18.7 Å². The standard InChI is InChI=1S/C3H4N2.H3N.H3P.H2S/c1-2-5-3-4-1;;;/h1-3H,(H,4,5);2*1H3;1H2. The topological polar surface area (TPSA) is 63.7 Å². The van der Waals surface area contributed by atoms with Crippen LogP contribution in [0, 0.1) is 0 Å². The summed E-state index contributed by atoms with van der Waals surface area (Å²) in [5.41, 5.74) is 0. The van der Waals surface area contributed by atoms with Gasteiger partial charge in [-0.15, -0.1) is 0 Å². The molecule has 1 rings (SSSR count). The van der Waals surface area contributed by atoms with Crippen molar-refractivity contribution in [3.8, 4) is 0 Å². The number of hydrogen-bond acceptors (Lipinski definition) is 2. The zero-order valence-electron chi connectivity index (χ0n) is 4.59.